The maximum absolute atomic E-state index is 5.76. The van der Waals surface area contributed by atoms with E-state index in [0.717, 1.165) is 23.7 Å². The lowest BCUT2D eigenvalue weighted by atomic mass is 9.87. The molecule has 0 spiro atoms. The minimum absolute atomic E-state index is 0.253. The number of hydrogen-bond donors (Lipinski definition) is 0. The van der Waals surface area contributed by atoms with Crippen molar-refractivity contribution >= 4 is 22.7 Å². The number of benzene rings is 1. The Morgan fingerprint density at radius 3 is 2.16 bits per heavy atom. The van der Waals surface area contributed by atoms with Gasteiger partial charge >= 0.3 is 0 Å². The van der Waals surface area contributed by atoms with Gasteiger partial charge in [-0.3, -0.25) is 0 Å². The van der Waals surface area contributed by atoms with Gasteiger partial charge in [-0.25, -0.2) is 0 Å². The fraction of sp³-hybridized carbons (Fsp3) is 0.625. The van der Waals surface area contributed by atoms with Crippen LogP contribution in [0.5, 0.6) is 0 Å². The lowest BCUT2D eigenvalue weighted by Gasteiger charge is -2.34. The molecule has 2 bridgehead atoms. The van der Waals surface area contributed by atoms with Crippen molar-refractivity contribution in [3.8, 4) is 0 Å². The highest BCUT2D eigenvalue weighted by molar-refractivity contribution is 8.05. The second-order valence-corrected chi connectivity index (χ2v) is 10.1. The predicted octanol–water partition coefficient (Wildman–Crippen LogP) is 3.48. The van der Waals surface area contributed by atoms with Gasteiger partial charge in [0.05, 0.1) is 13.2 Å². The van der Waals surface area contributed by atoms with E-state index in [1.807, 2.05) is 0 Å². The summed E-state index contributed by atoms with van der Waals surface area (Å²) < 4.78 is 5.76. The highest BCUT2D eigenvalue weighted by Gasteiger charge is 2.47. The number of hydrogen-bond acceptors (Lipinski definition) is 2. The van der Waals surface area contributed by atoms with Gasteiger partial charge in [0.25, 0.3) is 0 Å². The van der Waals surface area contributed by atoms with E-state index in [-0.39, 0.29) is 5.41 Å². The summed E-state index contributed by atoms with van der Waals surface area (Å²) in [6.45, 7) is 8.78. The van der Waals surface area contributed by atoms with Gasteiger partial charge < -0.3 is 4.74 Å². The zero-order valence-electron chi connectivity index (χ0n) is 12.0. The number of fused-ring (bicyclic) bond motifs is 2. The number of rotatable bonds is 1. The van der Waals surface area contributed by atoms with Crippen molar-refractivity contribution in [1.82, 2.24) is 0 Å². The molecule has 3 rings (SSSR count). The van der Waals surface area contributed by atoms with Gasteiger partial charge in [0.2, 0.25) is 0 Å². The average molecular weight is 295 g/mol. The van der Waals surface area contributed by atoms with Crippen molar-refractivity contribution in [2.24, 2.45) is 0 Å². The second-order valence-electron chi connectivity index (χ2n) is 6.47. The quantitative estimate of drug-likeness (QED) is 0.734. The van der Waals surface area contributed by atoms with Gasteiger partial charge in [-0.2, -0.15) is 11.8 Å². The molecule has 2 aliphatic heterocycles. The molecule has 2 atom stereocenters. The molecule has 2 heterocycles. The summed E-state index contributed by atoms with van der Waals surface area (Å²) in [4.78, 5) is 1.56. The van der Waals surface area contributed by atoms with Gasteiger partial charge in [-0.05, 0) is 23.1 Å². The molecule has 1 aromatic rings. The van der Waals surface area contributed by atoms with Crippen molar-refractivity contribution < 1.29 is 4.74 Å². The van der Waals surface area contributed by atoms with Gasteiger partial charge in [0, 0.05) is 22.4 Å². The van der Waals surface area contributed by atoms with Crippen molar-refractivity contribution in [3.63, 3.8) is 0 Å². The normalized spacial score (nSPS) is 31.2. The standard InChI is InChI=1S/C16H23OS2/c1-16(2,3)12-4-6-13(7-5-12)19-14-8-17-9-15(19)11-18-10-14/h4-7,14-15H,8-11H2,1-3H3/q+1. The molecule has 0 aromatic heterocycles. The van der Waals surface area contributed by atoms with E-state index in [4.69, 9.17) is 4.74 Å². The van der Waals surface area contributed by atoms with E-state index >= 15 is 0 Å². The summed E-state index contributed by atoms with van der Waals surface area (Å²) >= 11 is 2.12. The molecule has 0 aliphatic carbocycles. The summed E-state index contributed by atoms with van der Waals surface area (Å²) in [5.41, 5.74) is 1.69. The van der Waals surface area contributed by atoms with Crippen LogP contribution in [0.1, 0.15) is 26.3 Å². The number of thioether (sulfide) groups is 1. The lowest BCUT2D eigenvalue weighted by molar-refractivity contribution is 0.130. The predicted molar refractivity (Wildman–Crippen MR) is 86.5 cm³/mol. The Kier molecular flexibility index (Phi) is 3.89. The molecule has 0 saturated carbocycles. The Balaban J connectivity index is 1.85. The SMILES string of the molecule is CC(C)(C)c1ccc([S+]2C3COCC2CSC3)cc1. The van der Waals surface area contributed by atoms with Crippen LogP contribution in [0.3, 0.4) is 0 Å². The first-order valence-electron chi connectivity index (χ1n) is 7.03. The number of ether oxygens (including phenoxy) is 1. The third-order valence-electron chi connectivity index (χ3n) is 3.93. The zero-order valence-corrected chi connectivity index (χ0v) is 13.7. The van der Waals surface area contributed by atoms with Crippen LogP contribution in [0.25, 0.3) is 0 Å². The van der Waals surface area contributed by atoms with E-state index in [9.17, 15) is 0 Å². The molecular formula is C16H23OS2+. The van der Waals surface area contributed by atoms with E-state index in [1.54, 1.807) is 4.90 Å². The molecule has 0 N–H and O–H groups in total. The topological polar surface area (TPSA) is 9.23 Å². The Morgan fingerprint density at radius 1 is 1.05 bits per heavy atom. The molecule has 2 aliphatic rings. The first-order valence-corrected chi connectivity index (χ1v) is 9.54. The molecule has 1 nitrogen and oxygen atoms in total. The third-order valence-corrected chi connectivity index (χ3v) is 8.48. The molecule has 0 amide bonds. The van der Waals surface area contributed by atoms with Gasteiger partial charge in [0.15, 0.2) is 15.4 Å². The Hall–Kier alpha value is -0.120. The second kappa shape index (κ2) is 5.34. The molecule has 2 unspecified atom stereocenters. The fourth-order valence-electron chi connectivity index (χ4n) is 2.82. The monoisotopic (exact) mass is 295 g/mol. The maximum Gasteiger partial charge on any atom is 0.156 e. The van der Waals surface area contributed by atoms with Crippen LogP contribution in [0.15, 0.2) is 29.2 Å². The van der Waals surface area contributed by atoms with Gasteiger partial charge in [0.1, 0.15) is 0 Å². The van der Waals surface area contributed by atoms with Crippen LogP contribution in [0.2, 0.25) is 0 Å². The van der Waals surface area contributed by atoms with Crippen molar-refractivity contribution in [2.75, 3.05) is 24.7 Å². The van der Waals surface area contributed by atoms with Crippen LogP contribution in [0, 0.1) is 0 Å². The largest absolute Gasteiger partial charge is 0.371 e. The minimum Gasteiger partial charge on any atom is -0.371 e. The van der Waals surface area contributed by atoms with Crippen molar-refractivity contribution in [1.29, 1.82) is 0 Å². The van der Waals surface area contributed by atoms with Crippen LogP contribution >= 0.6 is 11.8 Å². The first kappa shape index (κ1) is 13.8. The van der Waals surface area contributed by atoms with E-state index < -0.39 is 0 Å². The third kappa shape index (κ3) is 2.84. The molecule has 104 valence electrons. The maximum atomic E-state index is 5.76. The van der Waals surface area contributed by atoms with E-state index in [2.05, 4.69) is 56.8 Å². The molecule has 0 radical (unpaired) electrons. The summed E-state index contributed by atoms with van der Waals surface area (Å²) in [5.74, 6) is 2.56. The Labute approximate surface area is 123 Å². The lowest BCUT2D eigenvalue weighted by Crippen LogP contribution is -2.49. The molecular weight excluding hydrogens is 272 g/mol. The molecule has 2 saturated heterocycles. The van der Waals surface area contributed by atoms with Crippen LogP contribution in [-0.2, 0) is 21.0 Å². The molecule has 2 fully saturated rings. The molecule has 19 heavy (non-hydrogen) atoms. The summed E-state index contributed by atoms with van der Waals surface area (Å²) in [5, 5.41) is 1.50. The zero-order chi connectivity index (χ0) is 13.5. The Morgan fingerprint density at radius 2 is 1.63 bits per heavy atom. The summed E-state index contributed by atoms with van der Waals surface area (Å²) in [6.07, 6.45) is 0. The molecule has 3 heteroatoms. The van der Waals surface area contributed by atoms with Crippen LogP contribution in [0.4, 0.5) is 0 Å². The van der Waals surface area contributed by atoms with Gasteiger partial charge in [-0.1, -0.05) is 32.9 Å². The van der Waals surface area contributed by atoms with E-state index in [1.165, 1.54) is 17.1 Å². The van der Waals surface area contributed by atoms with Crippen molar-refractivity contribution in [3.05, 3.63) is 29.8 Å². The smallest absolute Gasteiger partial charge is 0.156 e. The highest BCUT2D eigenvalue weighted by Crippen LogP contribution is 2.36. The van der Waals surface area contributed by atoms with Crippen molar-refractivity contribution in [2.45, 2.75) is 41.6 Å². The minimum atomic E-state index is 0.253. The fourth-order valence-corrected chi connectivity index (χ4v) is 7.68. The highest BCUT2D eigenvalue weighted by atomic mass is 32.2. The average Bonchev–Trinajstić information content (AvgIpc) is 2.37. The van der Waals surface area contributed by atoms with E-state index in [0.29, 0.717) is 10.9 Å². The van der Waals surface area contributed by atoms with Crippen LogP contribution in [-0.4, -0.2) is 35.2 Å². The first-order chi connectivity index (χ1) is 9.05. The Bertz CT molecular complexity index is 413. The summed E-state index contributed by atoms with van der Waals surface area (Å²) in [7, 11) is 0.415. The summed E-state index contributed by atoms with van der Waals surface area (Å²) in [6, 6.07) is 9.43. The molecule has 1 aromatic carbocycles. The van der Waals surface area contributed by atoms with Gasteiger partial charge in [-0.15, -0.1) is 0 Å². The van der Waals surface area contributed by atoms with Crippen LogP contribution < -0.4 is 0 Å².